The highest BCUT2D eigenvalue weighted by atomic mass is 32.2. The number of carbonyl (C=O) groups excluding carboxylic acids is 1. The number of sulfonamides is 1. The fourth-order valence-electron chi connectivity index (χ4n) is 3.25. The Morgan fingerprint density at radius 3 is 2.58 bits per heavy atom. The SMILES string of the molecule is CS(=O)(=O)N1CCC(Cc2cc(O)c(N3CC(=O)NS3(=O)=O)c(F)c2)C1. The zero-order chi connectivity index (χ0) is 19.3. The Hall–Kier alpha value is -1.92. The predicted octanol–water partition coefficient (Wildman–Crippen LogP) is -0.464. The van der Waals surface area contributed by atoms with Crippen LogP contribution in [0, 0.1) is 11.7 Å². The number of nitrogens with zero attached hydrogens (tertiary/aromatic N) is 2. The van der Waals surface area contributed by atoms with Gasteiger partial charge in [0.05, 0.1) is 6.26 Å². The van der Waals surface area contributed by atoms with E-state index in [0.717, 1.165) is 12.3 Å². The fourth-order valence-corrected chi connectivity index (χ4v) is 5.34. The number of benzene rings is 1. The second-order valence-electron chi connectivity index (χ2n) is 6.46. The van der Waals surface area contributed by atoms with E-state index in [4.69, 9.17) is 0 Å². The fraction of sp³-hybridized carbons (Fsp3) is 0.500. The summed E-state index contributed by atoms with van der Waals surface area (Å²) in [5.41, 5.74) is -0.170. The van der Waals surface area contributed by atoms with E-state index in [-0.39, 0.29) is 5.92 Å². The molecule has 0 spiro atoms. The Kier molecular flexibility index (Phi) is 4.61. The Balaban J connectivity index is 1.82. The van der Waals surface area contributed by atoms with Crippen molar-refractivity contribution in [3.05, 3.63) is 23.5 Å². The molecule has 2 heterocycles. The number of hydrogen-bond donors (Lipinski definition) is 2. The topological polar surface area (TPSA) is 124 Å². The minimum atomic E-state index is -4.23. The van der Waals surface area contributed by atoms with Gasteiger partial charge in [0.1, 0.15) is 18.0 Å². The van der Waals surface area contributed by atoms with E-state index in [0.29, 0.717) is 35.8 Å². The number of anilines is 1. The summed E-state index contributed by atoms with van der Waals surface area (Å²) in [6.07, 6.45) is 2.07. The summed E-state index contributed by atoms with van der Waals surface area (Å²) in [5.74, 6) is -2.43. The molecule has 2 N–H and O–H groups in total. The summed E-state index contributed by atoms with van der Waals surface area (Å²) in [4.78, 5) is 11.3. The summed E-state index contributed by atoms with van der Waals surface area (Å²) in [6.45, 7) is 0.0792. The van der Waals surface area contributed by atoms with Crippen molar-refractivity contribution in [2.75, 3.05) is 30.2 Å². The van der Waals surface area contributed by atoms with Gasteiger partial charge in [-0.2, -0.15) is 8.42 Å². The quantitative estimate of drug-likeness (QED) is 0.696. The maximum absolute atomic E-state index is 14.5. The molecule has 0 bridgehead atoms. The van der Waals surface area contributed by atoms with Crippen molar-refractivity contribution in [1.29, 1.82) is 0 Å². The highest BCUT2D eigenvalue weighted by Crippen LogP contribution is 2.35. The summed E-state index contributed by atoms with van der Waals surface area (Å²) in [6, 6.07) is 2.33. The van der Waals surface area contributed by atoms with Crippen molar-refractivity contribution in [1.82, 2.24) is 9.03 Å². The van der Waals surface area contributed by atoms with E-state index < -0.39 is 49.9 Å². The first-order valence-corrected chi connectivity index (χ1v) is 11.1. The number of carbonyl (C=O) groups is 1. The largest absolute Gasteiger partial charge is 0.506 e. The first-order chi connectivity index (χ1) is 12.0. The number of aromatic hydroxyl groups is 1. The van der Waals surface area contributed by atoms with Crippen LogP contribution in [-0.2, 0) is 31.4 Å². The van der Waals surface area contributed by atoms with Crippen LogP contribution in [0.5, 0.6) is 5.75 Å². The summed E-state index contributed by atoms with van der Waals surface area (Å²) < 4.78 is 64.7. The molecule has 9 nitrogen and oxygen atoms in total. The van der Waals surface area contributed by atoms with Gasteiger partial charge in [-0.25, -0.2) is 26.1 Å². The molecule has 2 aliphatic heterocycles. The molecule has 12 heteroatoms. The molecule has 0 aliphatic carbocycles. The van der Waals surface area contributed by atoms with Crippen LogP contribution in [0.15, 0.2) is 12.1 Å². The number of hydrogen-bond acceptors (Lipinski definition) is 6. The maximum atomic E-state index is 14.5. The van der Waals surface area contributed by atoms with Crippen LogP contribution in [0.2, 0.25) is 0 Å². The van der Waals surface area contributed by atoms with E-state index in [1.807, 2.05) is 0 Å². The van der Waals surface area contributed by atoms with Gasteiger partial charge in [-0.1, -0.05) is 0 Å². The summed E-state index contributed by atoms with van der Waals surface area (Å²) >= 11 is 0. The second-order valence-corrected chi connectivity index (χ2v) is 10.0. The maximum Gasteiger partial charge on any atom is 0.326 e. The third kappa shape index (κ3) is 3.62. The van der Waals surface area contributed by atoms with Gasteiger partial charge >= 0.3 is 10.2 Å². The Bertz CT molecular complexity index is 940. The Morgan fingerprint density at radius 1 is 1.38 bits per heavy atom. The lowest BCUT2D eigenvalue weighted by Crippen LogP contribution is -2.30. The zero-order valence-corrected chi connectivity index (χ0v) is 15.5. The standard InChI is InChI=1S/C14H18FN3O6S2/c1-25(21,22)17-3-2-9(7-17)4-10-5-11(15)14(12(19)6-10)18-8-13(20)16-26(18,23)24/h5-6,9,19H,2-4,7-8H2,1H3,(H,16,20). The summed E-state index contributed by atoms with van der Waals surface area (Å²) in [7, 11) is -7.52. The smallest absolute Gasteiger partial charge is 0.326 e. The third-order valence-electron chi connectivity index (χ3n) is 4.41. The van der Waals surface area contributed by atoms with Gasteiger partial charge in [0.25, 0.3) is 5.91 Å². The molecule has 2 aliphatic rings. The lowest BCUT2D eigenvalue weighted by molar-refractivity contribution is -0.117. The van der Waals surface area contributed by atoms with Crippen LogP contribution in [0.1, 0.15) is 12.0 Å². The monoisotopic (exact) mass is 407 g/mol. The Labute approximate surface area is 150 Å². The van der Waals surface area contributed by atoms with Crippen molar-refractivity contribution < 1.29 is 31.1 Å². The average Bonchev–Trinajstić information content (AvgIpc) is 3.02. The highest BCUT2D eigenvalue weighted by molar-refractivity contribution is 7.92. The van der Waals surface area contributed by atoms with Gasteiger partial charge in [0, 0.05) is 13.1 Å². The van der Waals surface area contributed by atoms with Crippen molar-refractivity contribution in [3.63, 3.8) is 0 Å². The average molecular weight is 407 g/mol. The first kappa shape index (κ1) is 18.9. The number of phenolic OH excluding ortho intramolecular Hbond substituents is 1. The minimum Gasteiger partial charge on any atom is -0.506 e. The Morgan fingerprint density at radius 2 is 2.08 bits per heavy atom. The second kappa shape index (κ2) is 6.35. The lowest BCUT2D eigenvalue weighted by atomic mass is 9.98. The number of rotatable bonds is 4. The minimum absolute atomic E-state index is 0.0341. The zero-order valence-electron chi connectivity index (χ0n) is 13.8. The predicted molar refractivity (Wildman–Crippen MR) is 90.7 cm³/mol. The van der Waals surface area contributed by atoms with Gasteiger partial charge in [0.15, 0.2) is 5.82 Å². The van der Waals surface area contributed by atoms with Gasteiger partial charge in [-0.05, 0) is 36.5 Å². The van der Waals surface area contributed by atoms with Gasteiger partial charge in [0.2, 0.25) is 10.0 Å². The number of phenols is 1. The first-order valence-electron chi connectivity index (χ1n) is 7.77. The molecule has 1 atom stereocenters. The molecule has 2 saturated heterocycles. The van der Waals surface area contributed by atoms with Crippen molar-refractivity contribution in [3.8, 4) is 5.75 Å². The van der Waals surface area contributed by atoms with Crippen LogP contribution >= 0.6 is 0 Å². The van der Waals surface area contributed by atoms with Crippen LogP contribution in [0.3, 0.4) is 0 Å². The van der Waals surface area contributed by atoms with Crippen molar-refractivity contribution >= 4 is 31.8 Å². The van der Waals surface area contributed by atoms with Crippen LogP contribution in [0.25, 0.3) is 0 Å². The van der Waals surface area contributed by atoms with E-state index >= 15 is 0 Å². The van der Waals surface area contributed by atoms with Crippen LogP contribution in [0.4, 0.5) is 10.1 Å². The molecule has 3 rings (SSSR count). The number of nitrogens with one attached hydrogen (secondary N) is 1. The van der Waals surface area contributed by atoms with Gasteiger partial charge in [-0.15, -0.1) is 0 Å². The molecular formula is C14H18FN3O6S2. The van der Waals surface area contributed by atoms with E-state index in [1.54, 1.807) is 4.72 Å². The number of halogens is 1. The normalized spacial score (nSPS) is 23.4. The van der Waals surface area contributed by atoms with E-state index in [1.165, 1.54) is 10.4 Å². The van der Waals surface area contributed by atoms with E-state index in [9.17, 15) is 31.1 Å². The molecule has 144 valence electrons. The molecule has 2 fully saturated rings. The molecule has 1 aromatic rings. The molecule has 1 aromatic carbocycles. The highest BCUT2D eigenvalue weighted by Gasteiger charge is 2.37. The molecular weight excluding hydrogens is 389 g/mol. The lowest BCUT2D eigenvalue weighted by Gasteiger charge is -2.18. The van der Waals surface area contributed by atoms with Crippen molar-refractivity contribution in [2.45, 2.75) is 12.8 Å². The molecule has 0 saturated carbocycles. The molecule has 1 unspecified atom stereocenters. The molecule has 26 heavy (non-hydrogen) atoms. The number of amides is 1. The van der Waals surface area contributed by atoms with Crippen LogP contribution in [-0.4, -0.2) is 58.0 Å². The van der Waals surface area contributed by atoms with Crippen molar-refractivity contribution in [2.24, 2.45) is 5.92 Å². The van der Waals surface area contributed by atoms with Crippen LogP contribution < -0.4 is 9.03 Å². The summed E-state index contributed by atoms with van der Waals surface area (Å²) in [5, 5.41) is 10.1. The third-order valence-corrected chi connectivity index (χ3v) is 7.06. The molecule has 0 radical (unpaired) electrons. The van der Waals surface area contributed by atoms with E-state index in [2.05, 4.69) is 0 Å². The van der Waals surface area contributed by atoms with Gasteiger partial charge < -0.3 is 5.11 Å². The molecule has 1 amide bonds. The molecule has 0 aromatic heterocycles. The van der Waals surface area contributed by atoms with Gasteiger partial charge in [-0.3, -0.25) is 4.79 Å².